The summed E-state index contributed by atoms with van der Waals surface area (Å²) < 4.78 is 0. The fourth-order valence-corrected chi connectivity index (χ4v) is 7.67. The molecule has 0 aliphatic heterocycles. The van der Waals surface area contributed by atoms with Gasteiger partial charge < -0.3 is 4.90 Å². The summed E-state index contributed by atoms with van der Waals surface area (Å²) in [6.45, 7) is 0. The van der Waals surface area contributed by atoms with E-state index < -0.39 is 0 Å². The van der Waals surface area contributed by atoms with Gasteiger partial charge in [-0.3, -0.25) is 0 Å². The fourth-order valence-electron chi connectivity index (χ4n) is 7.67. The molecule has 0 unspecified atom stereocenters. The molecule has 0 atom stereocenters. The van der Waals surface area contributed by atoms with Crippen molar-refractivity contribution >= 4 is 22.1 Å². The van der Waals surface area contributed by atoms with Gasteiger partial charge >= 0.3 is 0 Å². The molecule has 2 aliphatic rings. The highest BCUT2D eigenvalue weighted by atomic mass is 15.1. The van der Waals surface area contributed by atoms with Gasteiger partial charge in [0.15, 0.2) is 0 Å². The predicted molar refractivity (Wildman–Crippen MR) is 208 cm³/mol. The summed E-state index contributed by atoms with van der Waals surface area (Å²) in [4.78, 5) is 2.36. The van der Waals surface area contributed by atoms with Gasteiger partial charge in [-0.05, 0) is 135 Å². The highest BCUT2D eigenvalue weighted by molar-refractivity contribution is 5.97. The van der Waals surface area contributed by atoms with Crippen LogP contribution in [0.4, 0.5) is 11.4 Å². The Balaban J connectivity index is 1.04. The fraction of sp³-hybridized carbons (Fsp3) is 0.0833. The van der Waals surface area contributed by atoms with E-state index in [1.807, 2.05) is 0 Å². The van der Waals surface area contributed by atoms with Gasteiger partial charge in [0.05, 0.1) is 0 Å². The molecule has 1 heteroatoms. The number of para-hydroxylation sites is 1. The Hall–Kier alpha value is -5.92. The third kappa shape index (κ3) is 5.58. The van der Waals surface area contributed by atoms with Crippen LogP contribution in [0.2, 0.25) is 0 Å². The van der Waals surface area contributed by atoms with Crippen molar-refractivity contribution in [3.63, 3.8) is 0 Å². The molecule has 0 fully saturated rings. The van der Waals surface area contributed by atoms with Crippen LogP contribution in [0.5, 0.6) is 0 Å². The van der Waals surface area contributed by atoms with Crippen LogP contribution in [0.3, 0.4) is 0 Å². The summed E-state index contributed by atoms with van der Waals surface area (Å²) in [5, 5.41) is 2.55. The molecule has 7 aromatic rings. The molecule has 0 saturated carbocycles. The van der Waals surface area contributed by atoms with E-state index in [4.69, 9.17) is 0 Å². The summed E-state index contributed by atoms with van der Waals surface area (Å²) in [7, 11) is 0. The Morgan fingerprint density at radius 2 is 0.939 bits per heavy atom. The second-order valence-electron chi connectivity index (χ2n) is 13.2. The number of nitrogens with zero attached hydrogens (tertiary/aromatic N) is 1. The smallest absolute Gasteiger partial charge is 0.0461 e. The molecule has 0 bridgehead atoms. The highest BCUT2D eigenvalue weighted by Gasteiger charge is 2.20. The molecule has 9 rings (SSSR count). The molecular formula is C48H37N. The third-order valence-electron chi connectivity index (χ3n) is 10.2. The highest BCUT2D eigenvalue weighted by Crippen LogP contribution is 2.41. The van der Waals surface area contributed by atoms with Crippen LogP contribution in [0, 0.1) is 0 Å². The van der Waals surface area contributed by atoms with E-state index >= 15 is 0 Å². The van der Waals surface area contributed by atoms with Crippen molar-refractivity contribution in [3.05, 3.63) is 193 Å². The van der Waals surface area contributed by atoms with Gasteiger partial charge in [-0.15, -0.1) is 0 Å². The largest absolute Gasteiger partial charge is 0.311 e. The molecule has 0 aromatic heterocycles. The maximum absolute atomic E-state index is 2.44. The number of benzene rings is 7. The lowest BCUT2D eigenvalue weighted by atomic mass is 9.82. The summed E-state index contributed by atoms with van der Waals surface area (Å²) >= 11 is 0. The first-order valence-electron chi connectivity index (χ1n) is 17.5. The van der Waals surface area contributed by atoms with Gasteiger partial charge in [0, 0.05) is 17.1 Å². The van der Waals surface area contributed by atoms with Crippen molar-refractivity contribution in [2.75, 3.05) is 4.90 Å². The number of hydrogen-bond acceptors (Lipinski definition) is 1. The van der Waals surface area contributed by atoms with E-state index in [1.54, 1.807) is 0 Å². The van der Waals surface area contributed by atoms with Crippen LogP contribution < -0.4 is 4.90 Å². The first-order valence-corrected chi connectivity index (χ1v) is 17.5. The Labute approximate surface area is 289 Å². The summed E-state index contributed by atoms with van der Waals surface area (Å²) in [5.74, 6) is 0. The van der Waals surface area contributed by atoms with Crippen LogP contribution in [0.25, 0.3) is 55.3 Å². The van der Waals surface area contributed by atoms with Crippen molar-refractivity contribution in [2.24, 2.45) is 0 Å². The monoisotopic (exact) mass is 627 g/mol. The first-order chi connectivity index (χ1) is 24.3. The number of fused-ring (bicyclic) bond motifs is 4. The zero-order chi connectivity index (χ0) is 32.6. The lowest BCUT2D eigenvalue weighted by Gasteiger charge is -2.27. The minimum absolute atomic E-state index is 1.04. The van der Waals surface area contributed by atoms with Crippen LogP contribution in [0.1, 0.15) is 24.0 Å². The van der Waals surface area contributed by atoms with Crippen molar-refractivity contribution in [3.8, 4) is 44.5 Å². The number of hydrogen-bond donors (Lipinski definition) is 0. The Kier molecular flexibility index (Phi) is 7.52. The van der Waals surface area contributed by atoms with Crippen molar-refractivity contribution in [1.29, 1.82) is 0 Å². The van der Waals surface area contributed by atoms with E-state index in [-0.39, 0.29) is 0 Å². The van der Waals surface area contributed by atoms with Crippen molar-refractivity contribution in [1.82, 2.24) is 0 Å². The zero-order valence-corrected chi connectivity index (χ0v) is 27.5. The minimum atomic E-state index is 1.04. The van der Waals surface area contributed by atoms with Gasteiger partial charge in [0.2, 0.25) is 0 Å². The zero-order valence-electron chi connectivity index (χ0n) is 27.5. The second-order valence-corrected chi connectivity index (χ2v) is 13.2. The average Bonchev–Trinajstić information content (AvgIpc) is 3.18. The standard InChI is InChI=1S/C48H37N/c1-4-12-35(13-5-1)47-32-36-14-10-11-15-37(36)33-48(47)41-25-29-46-40(31-41)21-20-39-30-38(24-28-45(39)46)34-22-26-44(27-23-34)49(42-16-6-2-7-17-42)43-18-8-3-9-19-43/h1-2,4-8,10-19,22-33H,3,9,20-21H2. The molecule has 0 radical (unpaired) electrons. The van der Waals surface area contributed by atoms with Crippen molar-refractivity contribution < 1.29 is 0 Å². The molecule has 0 amide bonds. The van der Waals surface area contributed by atoms with E-state index in [0.717, 1.165) is 25.7 Å². The molecule has 0 spiro atoms. The van der Waals surface area contributed by atoms with Crippen LogP contribution >= 0.6 is 0 Å². The van der Waals surface area contributed by atoms with Crippen LogP contribution in [-0.2, 0) is 12.8 Å². The van der Waals surface area contributed by atoms with Gasteiger partial charge in [0.1, 0.15) is 0 Å². The molecule has 234 valence electrons. The van der Waals surface area contributed by atoms with Crippen LogP contribution in [0.15, 0.2) is 182 Å². The van der Waals surface area contributed by atoms with E-state index in [2.05, 4.69) is 181 Å². The lowest BCUT2D eigenvalue weighted by Crippen LogP contribution is -2.16. The molecule has 2 aliphatic carbocycles. The Morgan fingerprint density at radius 3 is 1.59 bits per heavy atom. The molecule has 0 saturated heterocycles. The number of rotatable bonds is 6. The number of anilines is 2. The maximum Gasteiger partial charge on any atom is 0.0461 e. The van der Waals surface area contributed by atoms with Gasteiger partial charge in [-0.25, -0.2) is 0 Å². The summed E-state index contributed by atoms with van der Waals surface area (Å²) in [6.07, 6.45) is 11.1. The molecule has 0 N–H and O–H groups in total. The van der Waals surface area contributed by atoms with Gasteiger partial charge in [-0.2, -0.15) is 0 Å². The Bertz CT molecular complexity index is 2360. The number of aryl methyl sites for hydroxylation is 2. The van der Waals surface area contributed by atoms with Crippen molar-refractivity contribution in [2.45, 2.75) is 25.7 Å². The summed E-state index contributed by atoms with van der Waals surface area (Å²) in [5.41, 5.74) is 16.8. The second kappa shape index (κ2) is 12.6. The quantitative estimate of drug-likeness (QED) is 0.177. The SMILES string of the molecule is C1=CC(N(c2ccccc2)c2ccc(-c3ccc4c(c3)CCc3cc(-c5cc6ccccc6cc5-c5ccccc5)ccc3-4)cc2)=CCC1. The third-order valence-corrected chi connectivity index (χ3v) is 10.2. The lowest BCUT2D eigenvalue weighted by molar-refractivity contribution is 0.943. The maximum atomic E-state index is 2.44. The molecule has 49 heavy (non-hydrogen) atoms. The van der Waals surface area contributed by atoms with E-state index in [1.165, 1.54) is 83.5 Å². The first kappa shape index (κ1) is 29.2. The summed E-state index contributed by atoms with van der Waals surface area (Å²) in [6, 6.07) is 58.1. The normalized spacial score (nSPS) is 13.4. The molecule has 1 nitrogen and oxygen atoms in total. The predicted octanol–water partition coefficient (Wildman–Crippen LogP) is 13.0. The van der Waals surface area contributed by atoms with E-state index in [0.29, 0.717) is 0 Å². The molecule has 7 aromatic carbocycles. The average molecular weight is 628 g/mol. The number of allylic oxidation sites excluding steroid dienone is 3. The van der Waals surface area contributed by atoms with E-state index in [9.17, 15) is 0 Å². The topological polar surface area (TPSA) is 3.24 Å². The van der Waals surface area contributed by atoms with Gasteiger partial charge in [0.25, 0.3) is 0 Å². The van der Waals surface area contributed by atoms with Crippen LogP contribution in [-0.4, -0.2) is 0 Å². The molecule has 0 heterocycles. The Morgan fingerprint density at radius 1 is 0.388 bits per heavy atom. The van der Waals surface area contributed by atoms with Gasteiger partial charge in [-0.1, -0.05) is 133 Å². The molecular weight excluding hydrogens is 591 g/mol. The minimum Gasteiger partial charge on any atom is -0.311 e.